The van der Waals surface area contributed by atoms with Crippen LogP contribution in [0.25, 0.3) is 0 Å². The largest absolute Gasteiger partial charge is 0.483 e. The lowest BCUT2D eigenvalue weighted by molar-refractivity contribution is -0.136. The molecule has 7 heteroatoms. The summed E-state index contributed by atoms with van der Waals surface area (Å²) in [5, 5.41) is 2.08. The number of thiazole rings is 1. The van der Waals surface area contributed by atoms with Crippen molar-refractivity contribution in [3.8, 4) is 5.75 Å². The average Bonchev–Trinajstić information content (AvgIpc) is 3.35. The van der Waals surface area contributed by atoms with Crippen molar-refractivity contribution in [3.63, 3.8) is 0 Å². The van der Waals surface area contributed by atoms with Crippen LogP contribution in [0.5, 0.6) is 5.75 Å². The third-order valence-electron chi connectivity index (χ3n) is 5.57. The van der Waals surface area contributed by atoms with Gasteiger partial charge in [0.05, 0.1) is 23.4 Å². The Balaban J connectivity index is 1.47. The third kappa shape index (κ3) is 4.54. The van der Waals surface area contributed by atoms with Crippen LogP contribution in [-0.2, 0) is 22.5 Å². The maximum Gasteiger partial charge on any atom is 0.260 e. The number of likely N-dealkylation sites (N-methyl/N-ethyl adjacent to an activating group) is 1. The summed E-state index contributed by atoms with van der Waals surface area (Å²) in [5.74, 6) is 0.806. The van der Waals surface area contributed by atoms with Crippen molar-refractivity contribution in [1.29, 1.82) is 0 Å². The first-order valence-electron chi connectivity index (χ1n) is 9.88. The second-order valence-corrected chi connectivity index (χ2v) is 8.23. The minimum absolute atomic E-state index is 0.0110. The van der Waals surface area contributed by atoms with Gasteiger partial charge in [-0.1, -0.05) is 18.2 Å². The molecule has 1 fully saturated rings. The summed E-state index contributed by atoms with van der Waals surface area (Å²) in [6, 6.07) is 8.04. The van der Waals surface area contributed by atoms with E-state index in [2.05, 4.69) is 21.3 Å². The van der Waals surface area contributed by atoms with Gasteiger partial charge < -0.3 is 14.4 Å². The number of carbonyl (C=O) groups excluding carboxylic acids is 1. The molecule has 150 valence electrons. The molecule has 0 radical (unpaired) electrons. The summed E-state index contributed by atoms with van der Waals surface area (Å²) in [4.78, 5) is 21.3. The molecule has 0 aliphatic carbocycles. The number of benzene rings is 1. The molecular formula is C21H27N3O3S. The Morgan fingerprint density at radius 1 is 1.25 bits per heavy atom. The monoisotopic (exact) mass is 401 g/mol. The Labute approximate surface area is 170 Å². The number of fused-ring (bicyclic) bond motifs is 2. The Hall–Kier alpha value is -1.96. The highest BCUT2D eigenvalue weighted by Gasteiger charge is 2.38. The predicted molar refractivity (Wildman–Crippen MR) is 109 cm³/mol. The topological polar surface area (TPSA) is 54.9 Å². The highest BCUT2D eigenvalue weighted by molar-refractivity contribution is 7.07. The first kappa shape index (κ1) is 19.4. The number of likely N-dealkylation sites (tertiary alicyclic amines) is 1. The molecule has 1 amide bonds. The average molecular weight is 402 g/mol. The fourth-order valence-electron chi connectivity index (χ4n) is 3.97. The van der Waals surface area contributed by atoms with Crippen molar-refractivity contribution in [1.82, 2.24) is 14.8 Å². The SMILES string of the molecule is CN1C(=O)COc2ccccc2CCCCO[C@@H]2CN(Cc3cscn3)C[C@H]21. The lowest BCUT2D eigenvalue weighted by Crippen LogP contribution is -2.47. The molecule has 0 saturated carbocycles. The molecule has 0 N–H and O–H groups in total. The van der Waals surface area contributed by atoms with Crippen molar-refractivity contribution >= 4 is 17.2 Å². The molecule has 2 aliphatic rings. The smallest absolute Gasteiger partial charge is 0.260 e. The number of hydrogen-bond acceptors (Lipinski definition) is 6. The number of carbonyl (C=O) groups is 1. The van der Waals surface area contributed by atoms with E-state index >= 15 is 0 Å². The standard InChI is InChI=1S/C21H27N3O3S/c1-23-18-11-24(10-17-14-28-15-22-17)12-20(18)26-9-5-4-7-16-6-2-3-8-19(16)27-13-21(23)25/h2-3,6,8,14-15,18,20H,4-5,7,9-13H2,1H3/t18-,20-/m1/s1. The fourth-order valence-corrected chi connectivity index (χ4v) is 4.52. The predicted octanol–water partition coefficient (Wildman–Crippen LogP) is 2.59. The van der Waals surface area contributed by atoms with Crippen LogP contribution in [0.2, 0.25) is 0 Å². The first-order valence-corrected chi connectivity index (χ1v) is 10.8. The Kier molecular flexibility index (Phi) is 6.24. The number of ether oxygens (including phenoxy) is 2. The highest BCUT2D eigenvalue weighted by Crippen LogP contribution is 2.24. The van der Waals surface area contributed by atoms with Gasteiger partial charge in [-0.15, -0.1) is 11.3 Å². The van der Waals surface area contributed by atoms with Crippen LogP contribution in [0.4, 0.5) is 0 Å². The van der Waals surface area contributed by atoms with Crippen LogP contribution in [0, 0.1) is 0 Å². The molecular weight excluding hydrogens is 374 g/mol. The molecule has 1 saturated heterocycles. The summed E-state index contributed by atoms with van der Waals surface area (Å²) in [7, 11) is 1.87. The van der Waals surface area contributed by atoms with E-state index in [0.717, 1.165) is 62.5 Å². The van der Waals surface area contributed by atoms with Gasteiger partial charge in [0.2, 0.25) is 0 Å². The lowest BCUT2D eigenvalue weighted by atomic mass is 10.1. The second-order valence-electron chi connectivity index (χ2n) is 7.51. The number of nitrogens with zero attached hydrogens (tertiary/aromatic N) is 3. The molecule has 1 aromatic heterocycles. The maximum atomic E-state index is 12.8. The van der Waals surface area contributed by atoms with Gasteiger partial charge in [-0.05, 0) is 30.9 Å². The zero-order valence-electron chi connectivity index (χ0n) is 16.3. The van der Waals surface area contributed by atoms with E-state index in [9.17, 15) is 4.79 Å². The maximum absolute atomic E-state index is 12.8. The highest BCUT2D eigenvalue weighted by atomic mass is 32.1. The molecule has 2 atom stereocenters. The molecule has 6 nitrogen and oxygen atoms in total. The van der Waals surface area contributed by atoms with E-state index in [1.54, 1.807) is 11.3 Å². The zero-order chi connectivity index (χ0) is 19.3. The second kappa shape index (κ2) is 9.03. The normalized spacial score (nSPS) is 24.5. The van der Waals surface area contributed by atoms with Crippen LogP contribution in [-0.4, -0.2) is 66.2 Å². The van der Waals surface area contributed by atoms with Crippen molar-refractivity contribution < 1.29 is 14.3 Å². The summed E-state index contributed by atoms with van der Waals surface area (Å²) in [6.45, 7) is 3.19. The molecule has 0 bridgehead atoms. The third-order valence-corrected chi connectivity index (χ3v) is 6.20. The van der Waals surface area contributed by atoms with Crippen molar-refractivity contribution in [3.05, 3.63) is 46.4 Å². The first-order chi connectivity index (χ1) is 13.7. The van der Waals surface area contributed by atoms with Gasteiger partial charge in [0.1, 0.15) is 5.75 Å². The minimum atomic E-state index is -0.0110. The molecule has 2 aromatic rings. The van der Waals surface area contributed by atoms with Crippen LogP contribution in [0.1, 0.15) is 24.1 Å². The molecule has 0 spiro atoms. The van der Waals surface area contributed by atoms with E-state index < -0.39 is 0 Å². The van der Waals surface area contributed by atoms with Crippen molar-refractivity contribution in [2.24, 2.45) is 0 Å². The molecule has 1 aromatic carbocycles. The number of amides is 1. The molecule has 3 heterocycles. The van der Waals surface area contributed by atoms with Crippen LogP contribution >= 0.6 is 11.3 Å². The van der Waals surface area contributed by atoms with Gasteiger partial charge in [-0.2, -0.15) is 0 Å². The van der Waals surface area contributed by atoms with Gasteiger partial charge >= 0.3 is 0 Å². The zero-order valence-corrected chi connectivity index (χ0v) is 17.1. The van der Waals surface area contributed by atoms with E-state index in [-0.39, 0.29) is 24.7 Å². The summed E-state index contributed by atoms with van der Waals surface area (Å²) in [6.07, 6.45) is 3.01. The molecule has 4 rings (SSSR count). The molecule has 0 unspecified atom stereocenters. The van der Waals surface area contributed by atoms with Crippen molar-refractivity contribution in [2.75, 3.05) is 33.4 Å². The Morgan fingerprint density at radius 2 is 2.14 bits per heavy atom. The summed E-state index contributed by atoms with van der Waals surface area (Å²) in [5.41, 5.74) is 4.10. The number of hydrogen-bond donors (Lipinski definition) is 0. The van der Waals surface area contributed by atoms with Gasteiger partial charge in [0.25, 0.3) is 5.91 Å². The van der Waals surface area contributed by atoms with Crippen LogP contribution in [0.15, 0.2) is 35.2 Å². The van der Waals surface area contributed by atoms with Crippen LogP contribution < -0.4 is 4.74 Å². The Bertz CT molecular complexity index is 783. The minimum Gasteiger partial charge on any atom is -0.483 e. The lowest BCUT2D eigenvalue weighted by Gasteiger charge is -2.29. The van der Waals surface area contributed by atoms with Gasteiger partial charge in [-0.3, -0.25) is 9.69 Å². The van der Waals surface area contributed by atoms with Crippen molar-refractivity contribution in [2.45, 2.75) is 38.0 Å². The van der Waals surface area contributed by atoms with Gasteiger partial charge in [-0.25, -0.2) is 4.98 Å². The number of para-hydroxylation sites is 1. The van der Waals surface area contributed by atoms with Crippen LogP contribution in [0.3, 0.4) is 0 Å². The number of aromatic nitrogens is 1. The molecule has 2 aliphatic heterocycles. The number of rotatable bonds is 2. The van der Waals surface area contributed by atoms with E-state index in [1.165, 1.54) is 0 Å². The van der Waals surface area contributed by atoms with E-state index in [1.807, 2.05) is 35.7 Å². The summed E-state index contributed by atoms with van der Waals surface area (Å²) < 4.78 is 12.1. The Morgan fingerprint density at radius 3 is 3.00 bits per heavy atom. The van der Waals surface area contributed by atoms with E-state index in [4.69, 9.17) is 9.47 Å². The van der Waals surface area contributed by atoms with Gasteiger partial charge in [0, 0.05) is 38.7 Å². The van der Waals surface area contributed by atoms with E-state index in [0.29, 0.717) is 0 Å². The fraction of sp³-hybridized carbons (Fsp3) is 0.524. The number of aryl methyl sites for hydroxylation is 1. The summed E-state index contributed by atoms with van der Waals surface area (Å²) >= 11 is 1.61. The molecule has 28 heavy (non-hydrogen) atoms. The quantitative estimate of drug-likeness (QED) is 0.774. The van der Waals surface area contributed by atoms with Gasteiger partial charge in [0.15, 0.2) is 6.61 Å².